The highest BCUT2D eigenvalue weighted by molar-refractivity contribution is 5.99. The minimum Gasteiger partial charge on any atom is -0.480 e. The first-order valence-corrected chi connectivity index (χ1v) is 11.2. The van der Waals surface area contributed by atoms with Crippen molar-refractivity contribution in [2.24, 2.45) is 11.3 Å². The Bertz CT molecular complexity index is 1190. The Morgan fingerprint density at radius 2 is 1.91 bits per heavy atom. The summed E-state index contributed by atoms with van der Waals surface area (Å²) >= 11 is 0. The van der Waals surface area contributed by atoms with Gasteiger partial charge in [-0.15, -0.1) is 0 Å². The Labute approximate surface area is 192 Å². The number of carbonyl (C=O) groups excluding carboxylic acids is 1. The van der Waals surface area contributed by atoms with Crippen LogP contribution in [-0.2, 0) is 4.79 Å². The predicted molar refractivity (Wildman–Crippen MR) is 125 cm³/mol. The summed E-state index contributed by atoms with van der Waals surface area (Å²) in [5.41, 5.74) is 2.78. The standard InChI is InChI=1S/C25H29FN4O3/c1-15-10-19(13-25(2,3)12-15)30-21-9-4-16(23(33)27-14-22(31)32)11-20(21)29-24(30)28-18-7-5-17(26)6-8-18/h4-9,11,15,19H,10,12-14H2,1-3H3,(H,27,33)(H,28,29)(H,31,32)/t15-,19-/m1/s1. The second kappa shape index (κ2) is 8.84. The van der Waals surface area contributed by atoms with E-state index in [4.69, 9.17) is 10.1 Å². The van der Waals surface area contributed by atoms with Crippen LogP contribution in [0.15, 0.2) is 42.5 Å². The van der Waals surface area contributed by atoms with Crippen LogP contribution in [0.4, 0.5) is 16.0 Å². The molecule has 0 spiro atoms. The minimum absolute atomic E-state index is 0.183. The third kappa shape index (κ3) is 5.16. The van der Waals surface area contributed by atoms with Crippen LogP contribution in [0.3, 0.4) is 0 Å². The van der Waals surface area contributed by atoms with Gasteiger partial charge in [0, 0.05) is 17.3 Å². The summed E-state index contributed by atoms with van der Waals surface area (Å²) in [5, 5.41) is 14.5. The zero-order valence-corrected chi connectivity index (χ0v) is 19.1. The number of amides is 1. The number of aliphatic carboxylic acids is 1. The second-order valence-corrected chi connectivity index (χ2v) is 9.78. The average molecular weight is 453 g/mol. The highest BCUT2D eigenvalue weighted by Crippen LogP contribution is 2.46. The molecule has 0 saturated heterocycles. The van der Waals surface area contributed by atoms with Crippen molar-refractivity contribution in [1.29, 1.82) is 0 Å². The fourth-order valence-electron chi connectivity index (χ4n) is 5.11. The topological polar surface area (TPSA) is 96.3 Å². The highest BCUT2D eigenvalue weighted by atomic mass is 19.1. The van der Waals surface area contributed by atoms with E-state index >= 15 is 0 Å². The van der Waals surface area contributed by atoms with Crippen LogP contribution in [0.2, 0.25) is 0 Å². The number of carboxylic acids is 1. The molecule has 0 aliphatic heterocycles. The van der Waals surface area contributed by atoms with Gasteiger partial charge in [0.25, 0.3) is 5.91 Å². The van der Waals surface area contributed by atoms with Crippen LogP contribution in [0.1, 0.15) is 56.4 Å². The van der Waals surface area contributed by atoms with Crippen LogP contribution in [0.25, 0.3) is 11.0 Å². The molecule has 1 heterocycles. The lowest BCUT2D eigenvalue weighted by Crippen LogP contribution is -2.30. The zero-order valence-electron chi connectivity index (χ0n) is 19.1. The van der Waals surface area contributed by atoms with E-state index in [1.807, 2.05) is 6.07 Å². The maximum absolute atomic E-state index is 13.4. The van der Waals surface area contributed by atoms with Gasteiger partial charge in [-0.05, 0) is 73.1 Å². The third-order valence-electron chi connectivity index (χ3n) is 6.18. The lowest BCUT2D eigenvalue weighted by molar-refractivity contribution is -0.135. The van der Waals surface area contributed by atoms with Crippen molar-refractivity contribution in [2.45, 2.75) is 46.1 Å². The minimum atomic E-state index is -1.10. The van der Waals surface area contributed by atoms with E-state index in [-0.39, 0.29) is 17.3 Å². The molecule has 1 aromatic heterocycles. The smallest absolute Gasteiger partial charge is 0.322 e. The number of imidazole rings is 1. The lowest BCUT2D eigenvalue weighted by atomic mass is 9.70. The molecule has 33 heavy (non-hydrogen) atoms. The molecule has 0 bridgehead atoms. The van der Waals surface area contributed by atoms with Crippen molar-refractivity contribution in [2.75, 3.05) is 11.9 Å². The Morgan fingerprint density at radius 3 is 2.58 bits per heavy atom. The van der Waals surface area contributed by atoms with Gasteiger partial charge in [-0.25, -0.2) is 9.37 Å². The highest BCUT2D eigenvalue weighted by Gasteiger charge is 2.34. The lowest BCUT2D eigenvalue weighted by Gasteiger charge is -2.40. The van der Waals surface area contributed by atoms with Crippen molar-refractivity contribution >= 4 is 34.5 Å². The molecule has 2 aromatic carbocycles. The maximum atomic E-state index is 13.4. The van der Waals surface area contributed by atoms with Gasteiger partial charge in [-0.3, -0.25) is 9.59 Å². The van der Waals surface area contributed by atoms with Gasteiger partial charge < -0.3 is 20.3 Å². The molecule has 1 aliphatic rings. The molecular weight excluding hydrogens is 423 g/mol. The average Bonchev–Trinajstić information content (AvgIpc) is 3.09. The van der Waals surface area contributed by atoms with E-state index in [2.05, 4.69) is 36.0 Å². The van der Waals surface area contributed by atoms with Gasteiger partial charge in [-0.1, -0.05) is 20.8 Å². The summed E-state index contributed by atoms with van der Waals surface area (Å²) in [6.45, 7) is 6.39. The fourth-order valence-corrected chi connectivity index (χ4v) is 5.11. The zero-order chi connectivity index (χ0) is 23.8. The number of fused-ring (bicyclic) bond motifs is 1. The van der Waals surface area contributed by atoms with Gasteiger partial charge in [0.2, 0.25) is 5.95 Å². The van der Waals surface area contributed by atoms with Gasteiger partial charge in [-0.2, -0.15) is 0 Å². The van der Waals surface area contributed by atoms with E-state index in [0.29, 0.717) is 22.9 Å². The molecule has 4 rings (SSSR count). The van der Waals surface area contributed by atoms with Gasteiger partial charge in [0.1, 0.15) is 12.4 Å². The van der Waals surface area contributed by atoms with Crippen LogP contribution in [-0.4, -0.2) is 33.1 Å². The summed E-state index contributed by atoms with van der Waals surface area (Å²) in [6, 6.07) is 11.6. The number of carboxylic acid groups (broad SMARTS) is 1. The second-order valence-electron chi connectivity index (χ2n) is 9.78. The van der Waals surface area contributed by atoms with Gasteiger partial charge in [0.15, 0.2) is 0 Å². The predicted octanol–water partition coefficient (Wildman–Crippen LogP) is 5.12. The number of benzene rings is 2. The first-order chi connectivity index (χ1) is 15.6. The molecule has 2 atom stereocenters. The molecule has 8 heteroatoms. The van der Waals surface area contributed by atoms with Crippen LogP contribution < -0.4 is 10.6 Å². The van der Waals surface area contributed by atoms with Gasteiger partial charge >= 0.3 is 5.97 Å². The molecule has 0 unspecified atom stereocenters. The SMILES string of the molecule is C[C@@H]1C[C@@H](n2c(Nc3ccc(F)cc3)nc3cc(C(=O)NCC(=O)O)ccc32)CC(C)(C)C1. The first-order valence-electron chi connectivity index (χ1n) is 11.2. The number of hydrogen-bond donors (Lipinski definition) is 3. The molecule has 1 aliphatic carbocycles. The Kier molecular flexibility index (Phi) is 6.10. The maximum Gasteiger partial charge on any atom is 0.322 e. The number of nitrogens with one attached hydrogen (secondary N) is 2. The molecule has 3 N–H and O–H groups in total. The number of halogens is 1. The quantitative estimate of drug-likeness (QED) is 0.482. The third-order valence-corrected chi connectivity index (χ3v) is 6.18. The number of nitrogens with zero attached hydrogens (tertiary/aromatic N) is 2. The molecule has 174 valence electrons. The van der Waals surface area contributed by atoms with Crippen molar-refractivity contribution in [1.82, 2.24) is 14.9 Å². The number of anilines is 2. The van der Waals surface area contributed by atoms with Crippen molar-refractivity contribution in [3.05, 3.63) is 53.8 Å². The van der Waals surface area contributed by atoms with E-state index in [1.165, 1.54) is 12.1 Å². The number of hydrogen-bond acceptors (Lipinski definition) is 4. The molecule has 1 amide bonds. The fraction of sp³-hybridized carbons (Fsp3) is 0.400. The normalized spacial score (nSPS) is 19.9. The van der Waals surface area contributed by atoms with Crippen LogP contribution >= 0.6 is 0 Å². The molecule has 0 radical (unpaired) electrons. The van der Waals surface area contributed by atoms with E-state index in [9.17, 15) is 14.0 Å². The number of rotatable bonds is 6. The molecule has 1 saturated carbocycles. The molecular formula is C25H29FN4O3. The molecule has 1 fully saturated rings. The van der Waals surface area contributed by atoms with E-state index < -0.39 is 18.4 Å². The summed E-state index contributed by atoms with van der Waals surface area (Å²) in [5.74, 6) is -0.692. The van der Waals surface area contributed by atoms with Crippen LogP contribution in [0, 0.1) is 17.2 Å². The largest absolute Gasteiger partial charge is 0.480 e. The molecule has 3 aromatic rings. The Balaban J connectivity index is 1.75. The molecule has 7 nitrogen and oxygen atoms in total. The van der Waals surface area contributed by atoms with E-state index in [1.54, 1.807) is 24.3 Å². The first kappa shape index (κ1) is 22.8. The summed E-state index contributed by atoms with van der Waals surface area (Å²) in [4.78, 5) is 27.9. The summed E-state index contributed by atoms with van der Waals surface area (Å²) in [6.07, 6.45) is 3.15. The van der Waals surface area contributed by atoms with E-state index in [0.717, 1.165) is 30.5 Å². The Hall–Kier alpha value is -3.42. The van der Waals surface area contributed by atoms with Crippen LogP contribution in [0.5, 0.6) is 0 Å². The number of aromatic nitrogens is 2. The number of carbonyl (C=O) groups is 2. The van der Waals surface area contributed by atoms with Crippen molar-refractivity contribution < 1.29 is 19.1 Å². The Morgan fingerprint density at radius 1 is 1.18 bits per heavy atom. The monoisotopic (exact) mass is 452 g/mol. The van der Waals surface area contributed by atoms with Crippen molar-refractivity contribution in [3.63, 3.8) is 0 Å². The summed E-state index contributed by atoms with van der Waals surface area (Å²) in [7, 11) is 0. The van der Waals surface area contributed by atoms with Gasteiger partial charge in [0.05, 0.1) is 11.0 Å². The summed E-state index contributed by atoms with van der Waals surface area (Å²) < 4.78 is 15.6. The van der Waals surface area contributed by atoms with Crippen molar-refractivity contribution in [3.8, 4) is 0 Å².